The molecule has 1 heterocycles. The van der Waals surface area contributed by atoms with Crippen molar-refractivity contribution in [3.05, 3.63) is 32.4 Å². The largest absolute Gasteiger partial charge is 0.381 e. The van der Waals surface area contributed by atoms with E-state index >= 15 is 0 Å². The van der Waals surface area contributed by atoms with Crippen LogP contribution in [0.3, 0.4) is 0 Å². The molecule has 1 aromatic carbocycles. The van der Waals surface area contributed by atoms with Crippen LogP contribution in [-0.4, -0.2) is 10.2 Å². The van der Waals surface area contributed by atoms with Crippen molar-refractivity contribution >= 4 is 40.0 Å². The van der Waals surface area contributed by atoms with Gasteiger partial charge in [-0.05, 0) is 41.6 Å². The summed E-state index contributed by atoms with van der Waals surface area (Å²) in [5, 5.41) is 7.54. The minimum absolute atomic E-state index is 0.503. The van der Waals surface area contributed by atoms with Gasteiger partial charge in [0.05, 0.1) is 9.26 Å². The van der Waals surface area contributed by atoms with Gasteiger partial charge in [0.25, 0.3) is 0 Å². The lowest BCUT2D eigenvalue weighted by atomic mass is 10.1. The molecule has 0 saturated heterocycles. The highest BCUT2D eigenvalue weighted by Crippen LogP contribution is 2.32. The van der Waals surface area contributed by atoms with Gasteiger partial charge in [0.15, 0.2) is 5.82 Å². The van der Waals surface area contributed by atoms with Crippen molar-refractivity contribution in [1.29, 1.82) is 0 Å². The van der Waals surface area contributed by atoms with Gasteiger partial charge in [-0.25, -0.2) is 0 Å². The first-order valence-electron chi connectivity index (χ1n) is 4.35. The average molecular weight is 334 g/mol. The molecule has 5 heteroatoms. The Bertz CT molecular complexity index is 507. The number of nitrogens with two attached hydrogens (primary N) is 1. The van der Waals surface area contributed by atoms with Gasteiger partial charge in [-0.2, -0.15) is 5.10 Å². The lowest BCUT2D eigenvalue weighted by Crippen LogP contribution is -1.87. The van der Waals surface area contributed by atoms with Crippen LogP contribution in [0.5, 0.6) is 0 Å². The summed E-state index contributed by atoms with van der Waals surface area (Å²) in [5.74, 6) is 0.503. The number of rotatable bonds is 1. The van der Waals surface area contributed by atoms with E-state index in [4.69, 9.17) is 17.3 Å². The first kappa shape index (κ1) is 10.8. The van der Waals surface area contributed by atoms with E-state index < -0.39 is 0 Å². The number of benzene rings is 1. The van der Waals surface area contributed by atoms with Gasteiger partial charge in [-0.3, -0.25) is 5.10 Å². The second-order valence-electron chi connectivity index (χ2n) is 3.28. The van der Waals surface area contributed by atoms with Gasteiger partial charge in [-0.15, -0.1) is 0 Å². The predicted octanol–water partition coefficient (Wildman–Crippen LogP) is 3.23. The van der Waals surface area contributed by atoms with Crippen LogP contribution in [0.2, 0.25) is 5.02 Å². The Morgan fingerprint density at radius 3 is 2.80 bits per heavy atom. The molecule has 0 spiro atoms. The fourth-order valence-electron chi connectivity index (χ4n) is 1.35. The summed E-state index contributed by atoms with van der Waals surface area (Å²) in [7, 11) is 0. The third kappa shape index (κ3) is 1.96. The number of nitrogen functional groups attached to an aromatic ring is 1. The van der Waals surface area contributed by atoms with Crippen molar-refractivity contribution in [2.45, 2.75) is 6.92 Å². The summed E-state index contributed by atoms with van der Waals surface area (Å²) < 4.78 is 0.903. The average Bonchev–Trinajstić information content (AvgIpc) is 2.52. The van der Waals surface area contributed by atoms with E-state index in [1.807, 2.05) is 25.1 Å². The standard InChI is InChI=1S/C10H9ClIN3/c1-5-2-3-7(11)6(4-5)9-8(12)10(13)15-14-9/h2-4H,1H3,(H3,13,14,15). The molecule has 0 unspecified atom stereocenters. The minimum Gasteiger partial charge on any atom is -0.381 e. The molecule has 2 rings (SSSR count). The predicted molar refractivity (Wildman–Crippen MR) is 70.9 cm³/mol. The van der Waals surface area contributed by atoms with Crippen molar-refractivity contribution in [2.24, 2.45) is 0 Å². The van der Waals surface area contributed by atoms with Crippen LogP contribution in [0.4, 0.5) is 5.82 Å². The van der Waals surface area contributed by atoms with Crippen LogP contribution in [-0.2, 0) is 0 Å². The Kier molecular flexibility index (Phi) is 2.88. The Morgan fingerprint density at radius 1 is 1.47 bits per heavy atom. The second-order valence-corrected chi connectivity index (χ2v) is 4.77. The summed E-state index contributed by atoms with van der Waals surface area (Å²) in [6.07, 6.45) is 0. The van der Waals surface area contributed by atoms with Crippen LogP contribution in [0.15, 0.2) is 18.2 Å². The molecular formula is C10H9ClIN3. The van der Waals surface area contributed by atoms with Gasteiger partial charge in [0.2, 0.25) is 0 Å². The van der Waals surface area contributed by atoms with E-state index in [1.54, 1.807) is 0 Å². The summed E-state index contributed by atoms with van der Waals surface area (Å²) in [5.41, 5.74) is 8.64. The number of nitrogens with one attached hydrogen (secondary N) is 1. The highest BCUT2D eigenvalue weighted by Gasteiger charge is 2.12. The first-order valence-corrected chi connectivity index (χ1v) is 5.81. The molecule has 0 saturated carbocycles. The van der Waals surface area contributed by atoms with Gasteiger partial charge in [0.1, 0.15) is 0 Å². The molecular weight excluding hydrogens is 324 g/mol. The van der Waals surface area contributed by atoms with Crippen molar-refractivity contribution in [2.75, 3.05) is 5.73 Å². The van der Waals surface area contributed by atoms with Gasteiger partial charge >= 0.3 is 0 Å². The summed E-state index contributed by atoms with van der Waals surface area (Å²) in [4.78, 5) is 0. The number of H-pyrrole nitrogens is 1. The lowest BCUT2D eigenvalue weighted by Gasteiger charge is -2.03. The number of aromatic amines is 1. The van der Waals surface area contributed by atoms with Crippen LogP contribution < -0.4 is 5.73 Å². The highest BCUT2D eigenvalue weighted by atomic mass is 127. The fraction of sp³-hybridized carbons (Fsp3) is 0.100. The van der Waals surface area contributed by atoms with Crippen LogP contribution in [0.1, 0.15) is 5.56 Å². The van der Waals surface area contributed by atoms with Crippen LogP contribution in [0, 0.1) is 10.5 Å². The maximum Gasteiger partial charge on any atom is 0.159 e. The monoisotopic (exact) mass is 333 g/mol. The van der Waals surface area contributed by atoms with E-state index in [0.717, 1.165) is 20.4 Å². The van der Waals surface area contributed by atoms with E-state index in [1.165, 1.54) is 0 Å². The van der Waals surface area contributed by atoms with Crippen molar-refractivity contribution in [3.63, 3.8) is 0 Å². The number of aromatic nitrogens is 2. The fourth-order valence-corrected chi connectivity index (χ4v) is 2.10. The third-order valence-corrected chi connectivity index (χ3v) is 3.55. The smallest absolute Gasteiger partial charge is 0.159 e. The van der Waals surface area contributed by atoms with Gasteiger partial charge in [-0.1, -0.05) is 23.2 Å². The molecule has 0 aliphatic carbocycles. The number of hydrogen-bond donors (Lipinski definition) is 2. The molecule has 2 aromatic rings. The second kappa shape index (κ2) is 4.02. The number of hydrogen-bond acceptors (Lipinski definition) is 2. The maximum absolute atomic E-state index is 6.12. The van der Waals surface area contributed by atoms with E-state index in [-0.39, 0.29) is 0 Å². The number of nitrogens with zero attached hydrogens (tertiary/aromatic N) is 1. The van der Waals surface area contributed by atoms with Crippen molar-refractivity contribution in [3.8, 4) is 11.3 Å². The van der Waals surface area contributed by atoms with E-state index in [2.05, 4.69) is 32.8 Å². The summed E-state index contributed by atoms with van der Waals surface area (Å²) >= 11 is 8.27. The minimum atomic E-state index is 0.503. The number of halogens is 2. The zero-order valence-electron chi connectivity index (χ0n) is 8.01. The van der Waals surface area contributed by atoms with Crippen LogP contribution >= 0.6 is 34.2 Å². The topological polar surface area (TPSA) is 54.7 Å². The number of anilines is 1. The molecule has 0 aliphatic rings. The first-order chi connectivity index (χ1) is 7.09. The molecule has 0 amide bonds. The normalized spacial score (nSPS) is 10.6. The molecule has 1 aromatic heterocycles. The molecule has 78 valence electrons. The van der Waals surface area contributed by atoms with Crippen molar-refractivity contribution in [1.82, 2.24) is 10.2 Å². The van der Waals surface area contributed by atoms with Crippen molar-refractivity contribution < 1.29 is 0 Å². The summed E-state index contributed by atoms with van der Waals surface area (Å²) in [6.45, 7) is 2.02. The Morgan fingerprint density at radius 2 is 2.20 bits per heavy atom. The SMILES string of the molecule is Cc1ccc(Cl)c(-c2[nH]nc(N)c2I)c1. The van der Waals surface area contributed by atoms with E-state index in [9.17, 15) is 0 Å². The molecule has 3 nitrogen and oxygen atoms in total. The maximum atomic E-state index is 6.12. The quantitative estimate of drug-likeness (QED) is 0.787. The Hall–Kier alpha value is -0.750. The number of aryl methyl sites for hydroxylation is 1. The zero-order valence-corrected chi connectivity index (χ0v) is 10.9. The highest BCUT2D eigenvalue weighted by molar-refractivity contribution is 14.1. The molecule has 0 fully saturated rings. The molecule has 15 heavy (non-hydrogen) atoms. The zero-order chi connectivity index (χ0) is 11.0. The summed E-state index contributed by atoms with van der Waals surface area (Å²) in [6, 6.07) is 5.86. The van der Waals surface area contributed by atoms with Gasteiger partial charge < -0.3 is 5.73 Å². The molecule has 0 aliphatic heterocycles. The van der Waals surface area contributed by atoms with Crippen LogP contribution in [0.25, 0.3) is 11.3 Å². The Balaban J connectivity index is 2.63. The molecule has 0 bridgehead atoms. The van der Waals surface area contributed by atoms with E-state index in [0.29, 0.717) is 10.8 Å². The lowest BCUT2D eigenvalue weighted by molar-refractivity contribution is 1.10. The molecule has 0 atom stereocenters. The third-order valence-electron chi connectivity index (χ3n) is 2.12. The molecule has 0 radical (unpaired) electrons. The van der Waals surface area contributed by atoms with Gasteiger partial charge in [0, 0.05) is 10.6 Å². The molecule has 3 N–H and O–H groups in total. The Labute approximate surface area is 106 Å².